The summed E-state index contributed by atoms with van der Waals surface area (Å²) in [6.07, 6.45) is 0. The van der Waals surface area contributed by atoms with Crippen LogP contribution in [-0.2, 0) is 0 Å². The Labute approximate surface area is 383 Å². The molecule has 3 aromatic heterocycles. The van der Waals surface area contributed by atoms with Crippen molar-refractivity contribution < 1.29 is 8.83 Å². The van der Waals surface area contributed by atoms with Gasteiger partial charge in [-0.1, -0.05) is 152 Å². The van der Waals surface area contributed by atoms with Crippen LogP contribution in [0.5, 0.6) is 0 Å². The maximum atomic E-state index is 6.57. The molecule has 0 saturated heterocycles. The minimum absolute atomic E-state index is 0.892. The lowest BCUT2D eigenvalue weighted by Gasteiger charge is -2.26. The molecule has 4 heteroatoms. The fourth-order valence-corrected chi connectivity index (χ4v) is 11.6. The highest BCUT2D eigenvalue weighted by Crippen LogP contribution is 2.45. The predicted molar refractivity (Wildman–Crippen MR) is 280 cm³/mol. The Balaban J connectivity index is 0.888. The summed E-state index contributed by atoms with van der Waals surface area (Å²) in [6, 6.07) is 80.9. The van der Waals surface area contributed by atoms with Gasteiger partial charge >= 0.3 is 0 Å². The third-order valence-electron chi connectivity index (χ3n) is 13.5. The van der Waals surface area contributed by atoms with Gasteiger partial charge in [-0.2, -0.15) is 0 Å². The predicted octanol–water partition coefficient (Wildman–Crippen LogP) is 18.6. The molecule has 0 aliphatic carbocycles. The second-order valence-corrected chi connectivity index (χ2v) is 18.2. The zero-order valence-electron chi connectivity index (χ0n) is 35.5. The maximum absolute atomic E-state index is 6.57. The molecule has 0 unspecified atom stereocenters. The summed E-state index contributed by atoms with van der Waals surface area (Å²) < 4.78 is 15.8. The normalized spacial score (nSPS) is 11.9. The van der Waals surface area contributed by atoms with E-state index in [1.165, 1.54) is 42.1 Å². The summed E-state index contributed by atoms with van der Waals surface area (Å²) in [4.78, 5) is 2.36. The highest BCUT2D eigenvalue weighted by molar-refractivity contribution is 7.25. The molecule has 0 aliphatic heterocycles. The fourth-order valence-electron chi connectivity index (χ4n) is 10.4. The van der Waals surface area contributed by atoms with Gasteiger partial charge in [-0.15, -0.1) is 11.3 Å². The van der Waals surface area contributed by atoms with Crippen LogP contribution in [0.1, 0.15) is 0 Å². The Bertz CT molecular complexity index is 4020. The quantitative estimate of drug-likeness (QED) is 0.167. The molecule has 0 spiro atoms. The van der Waals surface area contributed by atoms with Crippen LogP contribution >= 0.6 is 11.3 Å². The van der Waals surface area contributed by atoms with Gasteiger partial charge in [0.2, 0.25) is 0 Å². The summed E-state index contributed by atoms with van der Waals surface area (Å²) in [5.74, 6) is 0. The molecule has 0 atom stereocenters. The van der Waals surface area contributed by atoms with Crippen molar-refractivity contribution in [1.82, 2.24) is 0 Å². The van der Waals surface area contributed by atoms with E-state index >= 15 is 0 Å². The molecule has 0 aliphatic rings. The summed E-state index contributed by atoms with van der Waals surface area (Å²) in [5, 5.41) is 11.8. The van der Waals surface area contributed by atoms with E-state index in [-0.39, 0.29) is 0 Å². The van der Waals surface area contributed by atoms with E-state index in [2.05, 4.69) is 229 Å². The smallest absolute Gasteiger partial charge is 0.143 e. The van der Waals surface area contributed by atoms with Crippen molar-refractivity contribution >= 4 is 114 Å². The average molecular weight is 860 g/mol. The highest BCUT2D eigenvalue weighted by Gasteiger charge is 2.20. The van der Waals surface area contributed by atoms with Crippen LogP contribution < -0.4 is 4.90 Å². The van der Waals surface area contributed by atoms with Gasteiger partial charge < -0.3 is 13.7 Å². The molecule has 308 valence electrons. The van der Waals surface area contributed by atoms with Gasteiger partial charge in [0.1, 0.15) is 22.3 Å². The maximum Gasteiger partial charge on any atom is 0.143 e. The largest absolute Gasteiger partial charge is 0.455 e. The van der Waals surface area contributed by atoms with Crippen molar-refractivity contribution in [2.75, 3.05) is 4.90 Å². The van der Waals surface area contributed by atoms with Crippen LogP contribution in [-0.4, -0.2) is 0 Å². The lowest BCUT2D eigenvalue weighted by molar-refractivity contribution is 0.672. The summed E-state index contributed by atoms with van der Waals surface area (Å²) in [6.45, 7) is 0. The molecule has 3 heterocycles. The van der Waals surface area contributed by atoms with Gasteiger partial charge in [-0.3, -0.25) is 0 Å². The minimum Gasteiger partial charge on any atom is -0.455 e. The number of thiophene rings is 1. The number of fused-ring (bicyclic) bond motifs is 13. The molecule has 14 aromatic rings. The van der Waals surface area contributed by atoms with E-state index in [9.17, 15) is 0 Å². The van der Waals surface area contributed by atoms with Crippen LogP contribution in [0.4, 0.5) is 17.1 Å². The monoisotopic (exact) mass is 859 g/mol. The van der Waals surface area contributed by atoms with Crippen LogP contribution in [0, 0.1) is 0 Å². The van der Waals surface area contributed by atoms with E-state index in [0.29, 0.717) is 0 Å². The highest BCUT2D eigenvalue weighted by atomic mass is 32.1. The van der Waals surface area contributed by atoms with Crippen molar-refractivity contribution in [1.29, 1.82) is 0 Å². The van der Waals surface area contributed by atoms with Gasteiger partial charge in [0.05, 0.1) is 0 Å². The SMILES string of the molecule is c1ccc2c(c1)ccc1c2oc2cccc(-c3ccc(N(c4ccc(-c5cccc6oc7c8ccccc8ccc7c56)cc4)c4ccc(-c5cccc6sc7ccccc7c56)cc4)cc3)c21. The van der Waals surface area contributed by atoms with E-state index in [0.717, 1.165) is 94.0 Å². The molecule has 11 aromatic carbocycles. The molecular formula is C62H37NO2S. The number of hydrogen-bond donors (Lipinski definition) is 0. The van der Waals surface area contributed by atoms with Crippen LogP contribution in [0.15, 0.2) is 233 Å². The third-order valence-corrected chi connectivity index (χ3v) is 14.6. The number of rotatable bonds is 6. The van der Waals surface area contributed by atoms with Crippen molar-refractivity contribution in [2.45, 2.75) is 0 Å². The first-order valence-corrected chi connectivity index (χ1v) is 23.2. The number of nitrogens with zero attached hydrogens (tertiary/aromatic N) is 1. The summed E-state index contributed by atoms with van der Waals surface area (Å²) in [7, 11) is 0. The number of furan rings is 2. The van der Waals surface area contributed by atoms with Crippen LogP contribution in [0.3, 0.4) is 0 Å². The molecule has 3 nitrogen and oxygen atoms in total. The topological polar surface area (TPSA) is 29.5 Å². The third kappa shape index (κ3) is 5.69. The number of benzene rings is 11. The fraction of sp³-hybridized carbons (Fsp3) is 0. The van der Waals surface area contributed by atoms with Crippen LogP contribution in [0.2, 0.25) is 0 Å². The Morgan fingerprint density at radius 2 is 0.697 bits per heavy atom. The molecule has 14 rings (SSSR count). The first-order chi connectivity index (χ1) is 32.7. The Kier molecular flexibility index (Phi) is 8.15. The second kappa shape index (κ2) is 14.5. The molecular weight excluding hydrogens is 823 g/mol. The molecule has 0 N–H and O–H groups in total. The minimum atomic E-state index is 0.892. The number of anilines is 3. The lowest BCUT2D eigenvalue weighted by atomic mass is 9.97. The lowest BCUT2D eigenvalue weighted by Crippen LogP contribution is -2.09. The van der Waals surface area contributed by atoms with Crippen LogP contribution in [0.25, 0.3) is 119 Å². The first kappa shape index (κ1) is 37.0. The molecule has 0 bridgehead atoms. The summed E-state index contributed by atoms with van der Waals surface area (Å²) >= 11 is 1.86. The second-order valence-electron chi connectivity index (χ2n) is 17.1. The Morgan fingerprint density at radius 3 is 1.20 bits per heavy atom. The molecule has 0 saturated carbocycles. The number of hydrogen-bond acceptors (Lipinski definition) is 4. The van der Waals surface area contributed by atoms with Crippen molar-refractivity contribution in [3.63, 3.8) is 0 Å². The first-order valence-electron chi connectivity index (χ1n) is 22.4. The van der Waals surface area contributed by atoms with E-state index in [1.54, 1.807) is 0 Å². The molecule has 0 radical (unpaired) electrons. The van der Waals surface area contributed by atoms with E-state index < -0.39 is 0 Å². The Hall–Kier alpha value is -8.44. The van der Waals surface area contributed by atoms with Crippen molar-refractivity contribution in [3.05, 3.63) is 224 Å². The summed E-state index contributed by atoms with van der Waals surface area (Å²) in [5.41, 5.74) is 13.9. The van der Waals surface area contributed by atoms with Crippen molar-refractivity contribution in [3.8, 4) is 33.4 Å². The van der Waals surface area contributed by atoms with Gasteiger partial charge in [-0.25, -0.2) is 0 Å². The van der Waals surface area contributed by atoms with E-state index in [4.69, 9.17) is 8.83 Å². The van der Waals surface area contributed by atoms with Gasteiger partial charge in [0, 0.05) is 69.6 Å². The Morgan fingerprint density at radius 1 is 0.288 bits per heavy atom. The average Bonchev–Trinajstić information content (AvgIpc) is 4.09. The van der Waals surface area contributed by atoms with Gasteiger partial charge in [0.25, 0.3) is 0 Å². The molecule has 0 fully saturated rings. The zero-order chi connectivity index (χ0) is 43.3. The van der Waals surface area contributed by atoms with Crippen molar-refractivity contribution in [2.24, 2.45) is 0 Å². The molecule has 0 amide bonds. The zero-order valence-corrected chi connectivity index (χ0v) is 36.4. The molecule has 66 heavy (non-hydrogen) atoms. The van der Waals surface area contributed by atoms with Gasteiger partial charge in [0.15, 0.2) is 0 Å². The standard InChI is InChI=1S/C62H37NO2S/c1-3-12-49-38(10-1)28-36-52-58-46(15-7-18-54(58)64-61(49)52)40-22-30-43(31-23-40)63(45-34-26-42(27-35-45)48-17-9-21-57-60(48)51-14-5-6-20-56(51)66-57)44-32-24-41(25-33-44)47-16-8-19-55-59(47)53-37-29-39-11-2-4-13-50(39)62(53)65-55/h1-37H. The van der Waals surface area contributed by atoms with E-state index in [1.807, 2.05) is 11.3 Å². The van der Waals surface area contributed by atoms with Gasteiger partial charge in [-0.05, 0) is 117 Å².